The number of rotatable bonds is 3. The molecule has 2 saturated heterocycles. The van der Waals surface area contributed by atoms with Crippen LogP contribution in [0.25, 0.3) is 0 Å². The van der Waals surface area contributed by atoms with Crippen LogP contribution in [0.4, 0.5) is 11.6 Å². The molecule has 0 aromatic carbocycles. The van der Waals surface area contributed by atoms with Crippen LogP contribution >= 0.6 is 0 Å². The van der Waals surface area contributed by atoms with Gasteiger partial charge in [0, 0.05) is 45.3 Å². The maximum absolute atomic E-state index is 12.4. The molecule has 0 aliphatic carbocycles. The second-order valence-corrected chi connectivity index (χ2v) is 6.57. The van der Waals surface area contributed by atoms with Crippen molar-refractivity contribution in [3.63, 3.8) is 0 Å². The van der Waals surface area contributed by atoms with Gasteiger partial charge in [0.2, 0.25) is 0 Å². The molecule has 132 valence electrons. The lowest BCUT2D eigenvalue weighted by atomic mass is 10.1. The van der Waals surface area contributed by atoms with Crippen LogP contribution < -0.4 is 9.80 Å². The van der Waals surface area contributed by atoms with Gasteiger partial charge in [0.15, 0.2) is 0 Å². The third-order valence-electron chi connectivity index (χ3n) is 4.98. The van der Waals surface area contributed by atoms with Gasteiger partial charge in [-0.1, -0.05) is 0 Å². The summed E-state index contributed by atoms with van der Waals surface area (Å²) in [5, 5.41) is 0. The summed E-state index contributed by atoms with van der Waals surface area (Å²) in [5.41, 5.74) is 0.614. The van der Waals surface area contributed by atoms with E-state index in [4.69, 9.17) is 4.42 Å². The molecule has 1 amide bonds. The number of hydrogen-bond acceptors (Lipinski definition) is 6. The van der Waals surface area contributed by atoms with Crippen LogP contribution in [0.2, 0.25) is 0 Å². The molecule has 4 rings (SSSR count). The number of hydrogen-bond donors (Lipinski definition) is 0. The summed E-state index contributed by atoms with van der Waals surface area (Å²) in [4.78, 5) is 27.7. The molecule has 0 bridgehead atoms. The van der Waals surface area contributed by atoms with Crippen LogP contribution in [-0.2, 0) is 0 Å². The lowest BCUT2D eigenvalue weighted by molar-refractivity contribution is 0.0746. The Labute approximate surface area is 147 Å². The Balaban J connectivity index is 1.40. The van der Waals surface area contributed by atoms with Crippen molar-refractivity contribution in [3.8, 4) is 0 Å². The number of piperazine rings is 1. The fourth-order valence-corrected chi connectivity index (χ4v) is 3.51. The Morgan fingerprint density at radius 1 is 0.920 bits per heavy atom. The molecule has 2 aromatic heterocycles. The molecule has 0 N–H and O–H groups in total. The molecule has 0 unspecified atom stereocenters. The summed E-state index contributed by atoms with van der Waals surface area (Å²) in [6.45, 7) is 5.08. The van der Waals surface area contributed by atoms with Gasteiger partial charge in [-0.25, -0.2) is 9.97 Å². The molecule has 4 heterocycles. The van der Waals surface area contributed by atoms with Gasteiger partial charge in [-0.15, -0.1) is 0 Å². The standard InChI is InChI=1S/C18H23N5O2/c24-18(15-4-11-25-13-15)23-9-7-22(8-10-23)17-12-16(19-14-20-17)21-5-2-1-3-6-21/h4,11-14H,1-3,5-10H2. The van der Waals surface area contributed by atoms with Crippen LogP contribution in [0.5, 0.6) is 0 Å². The number of carbonyl (C=O) groups is 1. The van der Waals surface area contributed by atoms with Crippen molar-refractivity contribution in [2.24, 2.45) is 0 Å². The predicted molar refractivity (Wildman–Crippen MR) is 94.9 cm³/mol. The van der Waals surface area contributed by atoms with Crippen LogP contribution in [0.3, 0.4) is 0 Å². The van der Waals surface area contributed by atoms with E-state index in [1.165, 1.54) is 31.8 Å². The molecule has 0 spiro atoms. The first-order valence-corrected chi connectivity index (χ1v) is 8.95. The van der Waals surface area contributed by atoms with E-state index >= 15 is 0 Å². The first-order valence-electron chi connectivity index (χ1n) is 8.95. The van der Waals surface area contributed by atoms with Gasteiger partial charge < -0.3 is 19.1 Å². The van der Waals surface area contributed by atoms with Crippen molar-refractivity contribution >= 4 is 17.5 Å². The van der Waals surface area contributed by atoms with Crippen molar-refractivity contribution in [2.45, 2.75) is 19.3 Å². The SMILES string of the molecule is O=C(c1ccoc1)N1CCN(c2cc(N3CCCCC3)ncn2)CC1. The molecule has 0 atom stereocenters. The molecule has 2 aliphatic heterocycles. The second kappa shape index (κ2) is 7.13. The van der Waals surface area contributed by atoms with Gasteiger partial charge in [-0.3, -0.25) is 4.79 Å². The van der Waals surface area contributed by atoms with E-state index in [0.717, 1.165) is 37.8 Å². The zero-order chi connectivity index (χ0) is 17.1. The first kappa shape index (κ1) is 15.9. The highest BCUT2D eigenvalue weighted by atomic mass is 16.3. The Kier molecular flexibility index (Phi) is 4.54. The van der Waals surface area contributed by atoms with Crippen LogP contribution in [0.1, 0.15) is 29.6 Å². The minimum atomic E-state index is 0.0325. The van der Waals surface area contributed by atoms with E-state index < -0.39 is 0 Å². The molecule has 0 radical (unpaired) electrons. The average molecular weight is 341 g/mol. The van der Waals surface area contributed by atoms with E-state index in [0.29, 0.717) is 18.7 Å². The Bertz CT molecular complexity index is 704. The third-order valence-corrected chi connectivity index (χ3v) is 4.98. The minimum absolute atomic E-state index is 0.0325. The highest BCUT2D eigenvalue weighted by Gasteiger charge is 2.24. The fourth-order valence-electron chi connectivity index (χ4n) is 3.51. The number of nitrogens with zero attached hydrogens (tertiary/aromatic N) is 5. The Morgan fingerprint density at radius 2 is 1.60 bits per heavy atom. The number of amides is 1. The molecule has 2 aliphatic rings. The zero-order valence-corrected chi connectivity index (χ0v) is 14.3. The van der Waals surface area contributed by atoms with Crippen molar-refractivity contribution in [3.05, 3.63) is 36.5 Å². The maximum Gasteiger partial charge on any atom is 0.257 e. The summed E-state index contributed by atoms with van der Waals surface area (Å²) in [7, 11) is 0. The van der Waals surface area contributed by atoms with Gasteiger partial charge >= 0.3 is 0 Å². The van der Waals surface area contributed by atoms with Gasteiger partial charge in [0.05, 0.1) is 11.8 Å². The highest BCUT2D eigenvalue weighted by Crippen LogP contribution is 2.22. The van der Waals surface area contributed by atoms with Crippen LogP contribution in [0.15, 0.2) is 35.4 Å². The smallest absolute Gasteiger partial charge is 0.257 e. The largest absolute Gasteiger partial charge is 0.472 e. The lowest BCUT2D eigenvalue weighted by Crippen LogP contribution is -2.49. The van der Waals surface area contributed by atoms with E-state index in [9.17, 15) is 4.79 Å². The Hall–Kier alpha value is -2.57. The summed E-state index contributed by atoms with van der Waals surface area (Å²) in [5.74, 6) is 2.00. The van der Waals surface area contributed by atoms with E-state index in [1.807, 2.05) is 4.90 Å². The molecule has 7 nitrogen and oxygen atoms in total. The fraction of sp³-hybridized carbons (Fsp3) is 0.500. The van der Waals surface area contributed by atoms with Crippen molar-refractivity contribution in [1.82, 2.24) is 14.9 Å². The molecular formula is C18H23N5O2. The predicted octanol–water partition coefficient (Wildman–Crippen LogP) is 2.02. The summed E-state index contributed by atoms with van der Waals surface area (Å²) >= 11 is 0. The number of carbonyl (C=O) groups excluding carboxylic acids is 1. The summed E-state index contributed by atoms with van der Waals surface area (Å²) < 4.78 is 5.01. The summed E-state index contributed by atoms with van der Waals surface area (Å²) in [6, 6.07) is 3.79. The van der Waals surface area contributed by atoms with Crippen LogP contribution in [-0.4, -0.2) is 60.0 Å². The molecule has 0 saturated carbocycles. The van der Waals surface area contributed by atoms with Crippen molar-refractivity contribution < 1.29 is 9.21 Å². The molecule has 25 heavy (non-hydrogen) atoms. The van der Waals surface area contributed by atoms with Crippen molar-refractivity contribution in [1.29, 1.82) is 0 Å². The molecule has 2 aromatic rings. The number of anilines is 2. The van der Waals surface area contributed by atoms with E-state index in [1.54, 1.807) is 12.4 Å². The second-order valence-electron chi connectivity index (χ2n) is 6.57. The van der Waals surface area contributed by atoms with Crippen molar-refractivity contribution in [2.75, 3.05) is 49.1 Å². The molecule has 7 heteroatoms. The van der Waals surface area contributed by atoms with Gasteiger partial charge in [0.25, 0.3) is 5.91 Å². The van der Waals surface area contributed by atoms with Crippen LogP contribution in [0, 0.1) is 0 Å². The third kappa shape index (κ3) is 3.45. The number of aromatic nitrogens is 2. The highest BCUT2D eigenvalue weighted by molar-refractivity contribution is 5.94. The number of piperidine rings is 1. The van der Waals surface area contributed by atoms with Gasteiger partial charge in [-0.05, 0) is 25.3 Å². The Morgan fingerprint density at radius 3 is 2.24 bits per heavy atom. The quantitative estimate of drug-likeness (QED) is 0.851. The van der Waals surface area contributed by atoms with E-state index in [2.05, 4.69) is 25.8 Å². The van der Waals surface area contributed by atoms with Gasteiger partial charge in [0.1, 0.15) is 24.2 Å². The number of furan rings is 1. The lowest BCUT2D eigenvalue weighted by Gasteiger charge is -2.35. The van der Waals surface area contributed by atoms with Gasteiger partial charge in [-0.2, -0.15) is 0 Å². The monoisotopic (exact) mass is 341 g/mol. The minimum Gasteiger partial charge on any atom is -0.472 e. The zero-order valence-electron chi connectivity index (χ0n) is 14.3. The molecular weight excluding hydrogens is 318 g/mol. The summed E-state index contributed by atoms with van der Waals surface area (Å²) in [6.07, 6.45) is 8.46. The first-order chi connectivity index (χ1) is 12.3. The topological polar surface area (TPSA) is 65.7 Å². The van der Waals surface area contributed by atoms with E-state index in [-0.39, 0.29) is 5.91 Å². The molecule has 2 fully saturated rings. The average Bonchev–Trinajstić information content (AvgIpc) is 3.23. The maximum atomic E-state index is 12.4. The normalized spacial score (nSPS) is 18.5.